The van der Waals surface area contributed by atoms with E-state index in [1.807, 2.05) is 11.8 Å². The molecule has 26 heavy (non-hydrogen) atoms. The third-order valence-electron chi connectivity index (χ3n) is 5.35. The Kier molecular flexibility index (Phi) is 14.6. The average molecular weight is 365 g/mol. The zero-order valence-electron chi connectivity index (χ0n) is 17.6. The molecule has 1 atom stereocenters. The van der Waals surface area contributed by atoms with Crippen LogP contribution in [-0.2, 0) is 0 Å². The molecule has 1 aliphatic rings. The summed E-state index contributed by atoms with van der Waals surface area (Å²) < 4.78 is 0. The van der Waals surface area contributed by atoms with Crippen LogP contribution in [0, 0.1) is 0 Å². The fraction of sp³-hybridized carbons (Fsp3) is 0.870. The Labute approximate surface area is 163 Å². The largest absolute Gasteiger partial charge is 0.374 e. The number of aliphatic hydroxyl groups is 1. The molecule has 1 aliphatic heterocycles. The molecule has 3 nitrogen and oxygen atoms in total. The Hall–Kier alpha value is -0.830. The zero-order chi connectivity index (χ0) is 18.9. The zero-order valence-corrected chi connectivity index (χ0v) is 17.6. The van der Waals surface area contributed by atoms with E-state index in [9.17, 15) is 5.11 Å². The second-order valence-corrected chi connectivity index (χ2v) is 7.85. The van der Waals surface area contributed by atoms with E-state index in [1.165, 1.54) is 89.9 Å². The molecule has 0 bridgehead atoms. The smallest absolute Gasteiger partial charge is 0.125 e. The van der Waals surface area contributed by atoms with Gasteiger partial charge in [-0.1, -0.05) is 96.5 Å². The van der Waals surface area contributed by atoms with Gasteiger partial charge in [-0.05, 0) is 25.8 Å². The second kappa shape index (κ2) is 16.4. The number of aliphatic hydroxyl groups excluding tert-OH is 1. The molecule has 0 saturated carbocycles. The number of aliphatic imine (C=N–C) groups is 1. The van der Waals surface area contributed by atoms with Crippen LogP contribution in [0.4, 0.5) is 0 Å². The lowest BCUT2D eigenvalue weighted by atomic mass is 10.0. The molecule has 0 aromatic heterocycles. The van der Waals surface area contributed by atoms with E-state index in [0.717, 1.165) is 25.3 Å². The molecule has 0 amide bonds. The van der Waals surface area contributed by atoms with E-state index in [4.69, 9.17) is 0 Å². The fourth-order valence-electron chi connectivity index (χ4n) is 3.65. The third kappa shape index (κ3) is 11.7. The summed E-state index contributed by atoms with van der Waals surface area (Å²) in [5.41, 5.74) is 0. The van der Waals surface area contributed by atoms with Crippen molar-refractivity contribution in [1.29, 1.82) is 0 Å². The fourth-order valence-corrected chi connectivity index (χ4v) is 3.65. The predicted octanol–water partition coefficient (Wildman–Crippen LogP) is 6.47. The molecule has 3 heteroatoms. The number of hydrogen-bond donors (Lipinski definition) is 1. The van der Waals surface area contributed by atoms with Gasteiger partial charge in [-0.15, -0.1) is 0 Å². The molecule has 0 fully saturated rings. The van der Waals surface area contributed by atoms with Crippen LogP contribution in [0.1, 0.15) is 110 Å². The number of amidine groups is 1. The van der Waals surface area contributed by atoms with Crippen LogP contribution in [0.25, 0.3) is 0 Å². The molecule has 0 aromatic carbocycles. The van der Waals surface area contributed by atoms with E-state index in [2.05, 4.69) is 24.1 Å². The Morgan fingerprint density at radius 3 is 1.88 bits per heavy atom. The van der Waals surface area contributed by atoms with Gasteiger partial charge in [0.05, 0.1) is 6.54 Å². The highest BCUT2D eigenvalue weighted by Crippen LogP contribution is 2.13. The Morgan fingerprint density at radius 1 is 0.885 bits per heavy atom. The van der Waals surface area contributed by atoms with Crippen LogP contribution in [0.2, 0.25) is 0 Å². The van der Waals surface area contributed by atoms with Crippen molar-refractivity contribution in [3.8, 4) is 0 Å². The van der Waals surface area contributed by atoms with Crippen molar-refractivity contribution in [2.45, 2.75) is 116 Å². The van der Waals surface area contributed by atoms with Crippen molar-refractivity contribution in [3.05, 3.63) is 12.2 Å². The van der Waals surface area contributed by atoms with Crippen LogP contribution >= 0.6 is 0 Å². The minimum Gasteiger partial charge on any atom is -0.374 e. The number of allylic oxidation sites excluding steroid dienone is 1. The van der Waals surface area contributed by atoms with Crippen LogP contribution in [0.15, 0.2) is 17.1 Å². The van der Waals surface area contributed by atoms with Crippen molar-refractivity contribution in [1.82, 2.24) is 4.90 Å². The Bertz CT molecular complexity index is 376. The SMILES string of the molecule is CCCCCCCCCCCCCCCCC=CC1=NCCN1C(C)O. The molecule has 0 radical (unpaired) electrons. The summed E-state index contributed by atoms with van der Waals surface area (Å²) in [5.74, 6) is 0.949. The van der Waals surface area contributed by atoms with Crippen molar-refractivity contribution in [2.24, 2.45) is 4.99 Å². The molecule has 0 aliphatic carbocycles. The highest BCUT2D eigenvalue weighted by atomic mass is 16.3. The summed E-state index contributed by atoms with van der Waals surface area (Å²) >= 11 is 0. The van der Waals surface area contributed by atoms with Gasteiger partial charge in [0, 0.05) is 6.54 Å². The summed E-state index contributed by atoms with van der Waals surface area (Å²) in [6, 6.07) is 0. The average Bonchev–Trinajstić information content (AvgIpc) is 3.10. The van der Waals surface area contributed by atoms with Crippen molar-refractivity contribution >= 4 is 5.84 Å². The lowest BCUT2D eigenvalue weighted by molar-refractivity contribution is 0.0788. The standard InChI is InChI=1S/C23H44N2O/c1-3-4-5-6-7-8-9-10-11-12-13-14-15-16-17-18-19-23-24-20-21-25(23)22(2)26/h18-19,22,26H,3-17,20-21H2,1-2H3. The van der Waals surface area contributed by atoms with Gasteiger partial charge in [0.25, 0.3) is 0 Å². The monoisotopic (exact) mass is 364 g/mol. The highest BCUT2D eigenvalue weighted by Gasteiger charge is 2.17. The quantitative estimate of drug-likeness (QED) is 0.300. The van der Waals surface area contributed by atoms with E-state index in [1.54, 1.807) is 0 Å². The van der Waals surface area contributed by atoms with Gasteiger partial charge in [-0.3, -0.25) is 4.99 Å². The molecule has 1 unspecified atom stereocenters. The number of hydrogen-bond acceptors (Lipinski definition) is 3. The molecule has 1 N–H and O–H groups in total. The summed E-state index contributed by atoms with van der Waals surface area (Å²) in [5, 5.41) is 9.67. The van der Waals surface area contributed by atoms with Crippen molar-refractivity contribution in [3.63, 3.8) is 0 Å². The Balaban J connectivity index is 1.82. The molecule has 0 saturated heterocycles. The molecule has 1 rings (SSSR count). The normalized spacial score (nSPS) is 15.8. The van der Waals surface area contributed by atoms with Crippen molar-refractivity contribution < 1.29 is 5.11 Å². The van der Waals surface area contributed by atoms with Gasteiger partial charge >= 0.3 is 0 Å². The molecular formula is C23H44N2O. The van der Waals surface area contributed by atoms with Gasteiger partial charge in [-0.2, -0.15) is 0 Å². The maximum Gasteiger partial charge on any atom is 0.125 e. The lowest BCUT2D eigenvalue weighted by Crippen LogP contribution is -2.34. The summed E-state index contributed by atoms with van der Waals surface area (Å²) in [6.07, 6.45) is 24.7. The summed E-state index contributed by atoms with van der Waals surface area (Å²) in [6.45, 7) is 5.75. The maximum absolute atomic E-state index is 9.67. The van der Waals surface area contributed by atoms with E-state index in [0.29, 0.717) is 0 Å². The second-order valence-electron chi connectivity index (χ2n) is 7.85. The highest BCUT2D eigenvalue weighted by molar-refractivity contribution is 5.94. The van der Waals surface area contributed by atoms with Gasteiger partial charge < -0.3 is 10.0 Å². The predicted molar refractivity (Wildman–Crippen MR) is 115 cm³/mol. The van der Waals surface area contributed by atoms with Gasteiger partial charge in [-0.25, -0.2) is 0 Å². The first-order valence-electron chi connectivity index (χ1n) is 11.4. The minimum atomic E-state index is -0.429. The topological polar surface area (TPSA) is 35.8 Å². The third-order valence-corrected chi connectivity index (χ3v) is 5.35. The molecule has 152 valence electrons. The van der Waals surface area contributed by atoms with Gasteiger partial charge in [0.1, 0.15) is 12.1 Å². The first-order valence-corrected chi connectivity index (χ1v) is 11.4. The van der Waals surface area contributed by atoms with Gasteiger partial charge in [0.2, 0.25) is 0 Å². The van der Waals surface area contributed by atoms with Crippen LogP contribution in [0.3, 0.4) is 0 Å². The number of nitrogens with zero attached hydrogens (tertiary/aromatic N) is 2. The van der Waals surface area contributed by atoms with E-state index in [-0.39, 0.29) is 0 Å². The Morgan fingerprint density at radius 2 is 1.38 bits per heavy atom. The van der Waals surface area contributed by atoms with E-state index >= 15 is 0 Å². The number of unbranched alkanes of at least 4 members (excludes halogenated alkanes) is 14. The molecule has 1 heterocycles. The van der Waals surface area contributed by atoms with E-state index < -0.39 is 6.23 Å². The van der Waals surface area contributed by atoms with Crippen LogP contribution < -0.4 is 0 Å². The molecule has 0 aromatic rings. The number of rotatable bonds is 17. The lowest BCUT2D eigenvalue weighted by Gasteiger charge is -2.21. The van der Waals surface area contributed by atoms with Crippen LogP contribution in [0.5, 0.6) is 0 Å². The van der Waals surface area contributed by atoms with Crippen molar-refractivity contribution in [2.75, 3.05) is 13.1 Å². The minimum absolute atomic E-state index is 0.429. The summed E-state index contributed by atoms with van der Waals surface area (Å²) in [7, 11) is 0. The van der Waals surface area contributed by atoms with Crippen LogP contribution in [-0.4, -0.2) is 35.2 Å². The molecule has 0 spiro atoms. The maximum atomic E-state index is 9.67. The molecular weight excluding hydrogens is 320 g/mol. The summed E-state index contributed by atoms with van der Waals surface area (Å²) in [4.78, 5) is 6.40. The first-order chi connectivity index (χ1) is 12.8. The van der Waals surface area contributed by atoms with Gasteiger partial charge in [0.15, 0.2) is 0 Å². The first kappa shape index (κ1) is 23.2.